The zero-order valence-electron chi connectivity index (χ0n) is 12.0. The van der Waals surface area contributed by atoms with Gasteiger partial charge in [0.1, 0.15) is 10.0 Å². The fraction of sp³-hybridized carbons (Fsp3) is 0.0667. The van der Waals surface area contributed by atoms with Crippen molar-refractivity contribution in [3.8, 4) is 0 Å². The Kier molecular flexibility index (Phi) is 4.54. The molecule has 23 heavy (non-hydrogen) atoms. The number of hydrogen-bond donors (Lipinski definition) is 2. The van der Waals surface area contributed by atoms with Gasteiger partial charge in [-0.25, -0.2) is 8.42 Å². The third-order valence-electron chi connectivity index (χ3n) is 2.98. The van der Waals surface area contributed by atoms with Crippen LogP contribution in [-0.2, 0) is 16.6 Å². The van der Waals surface area contributed by atoms with Crippen molar-refractivity contribution in [3.63, 3.8) is 0 Å². The molecule has 0 spiro atoms. The highest BCUT2D eigenvalue weighted by molar-refractivity contribution is 7.94. The van der Waals surface area contributed by atoms with Crippen LogP contribution in [-0.4, -0.2) is 18.6 Å². The third-order valence-corrected chi connectivity index (χ3v) is 5.73. The molecule has 0 radical (unpaired) electrons. The molecule has 0 atom stereocenters. The molecule has 0 aliphatic rings. The lowest BCUT2D eigenvalue weighted by atomic mass is 10.2. The van der Waals surface area contributed by atoms with Crippen LogP contribution in [0.3, 0.4) is 0 Å². The summed E-state index contributed by atoms with van der Waals surface area (Å²) in [6, 6.07) is 16.4. The number of hydrogen-bond acceptors (Lipinski definition) is 6. The lowest BCUT2D eigenvalue weighted by Gasteiger charge is -2.07. The van der Waals surface area contributed by atoms with Gasteiger partial charge in [0.2, 0.25) is 0 Å². The quantitative estimate of drug-likeness (QED) is 0.717. The van der Waals surface area contributed by atoms with Crippen LogP contribution in [0, 0.1) is 0 Å². The van der Waals surface area contributed by atoms with E-state index in [0.29, 0.717) is 12.4 Å². The molecule has 118 valence electrons. The van der Waals surface area contributed by atoms with Gasteiger partial charge >= 0.3 is 0 Å². The Bertz CT molecular complexity index is 848. The predicted molar refractivity (Wildman–Crippen MR) is 90.9 cm³/mol. The van der Waals surface area contributed by atoms with E-state index in [1.54, 1.807) is 23.6 Å². The number of benzene rings is 1. The predicted octanol–water partition coefficient (Wildman–Crippen LogP) is 2.95. The second kappa shape index (κ2) is 6.76. The number of rotatable bonds is 6. The van der Waals surface area contributed by atoms with Gasteiger partial charge in [0.15, 0.2) is 5.82 Å². The van der Waals surface area contributed by atoms with Crippen molar-refractivity contribution in [2.45, 2.75) is 10.8 Å². The van der Waals surface area contributed by atoms with Crippen molar-refractivity contribution >= 4 is 33.0 Å². The number of sulfonamides is 1. The summed E-state index contributed by atoms with van der Waals surface area (Å²) in [4.78, 5) is 0. The van der Waals surface area contributed by atoms with Gasteiger partial charge in [-0.05, 0) is 29.1 Å². The van der Waals surface area contributed by atoms with Crippen molar-refractivity contribution in [1.82, 2.24) is 10.2 Å². The Balaban J connectivity index is 1.63. The summed E-state index contributed by atoms with van der Waals surface area (Å²) < 4.78 is 26.8. The summed E-state index contributed by atoms with van der Waals surface area (Å²) in [6.45, 7) is 0.621. The maximum Gasteiger partial charge on any atom is 0.272 e. The molecule has 0 amide bonds. The van der Waals surface area contributed by atoms with E-state index in [1.807, 2.05) is 30.3 Å². The molecule has 6 nitrogen and oxygen atoms in total. The Morgan fingerprint density at radius 2 is 1.65 bits per heavy atom. The zero-order valence-corrected chi connectivity index (χ0v) is 13.6. The Morgan fingerprint density at radius 1 is 0.913 bits per heavy atom. The molecule has 0 saturated heterocycles. The lowest BCUT2D eigenvalue weighted by molar-refractivity contribution is 0.603. The molecule has 0 aliphatic carbocycles. The van der Waals surface area contributed by atoms with E-state index in [-0.39, 0.29) is 10.0 Å². The van der Waals surface area contributed by atoms with Crippen LogP contribution in [0.5, 0.6) is 0 Å². The number of anilines is 2. The monoisotopic (exact) mass is 346 g/mol. The lowest BCUT2D eigenvalue weighted by Crippen LogP contribution is -2.13. The number of nitrogens with zero attached hydrogens (tertiary/aromatic N) is 2. The highest BCUT2D eigenvalue weighted by Gasteiger charge is 2.15. The molecule has 8 heteroatoms. The number of aromatic nitrogens is 2. The minimum atomic E-state index is -3.59. The molecule has 0 saturated carbocycles. The van der Waals surface area contributed by atoms with Gasteiger partial charge in [0, 0.05) is 6.54 Å². The van der Waals surface area contributed by atoms with Gasteiger partial charge in [0.25, 0.3) is 10.0 Å². The van der Waals surface area contributed by atoms with Crippen molar-refractivity contribution in [1.29, 1.82) is 0 Å². The molecule has 0 aliphatic heterocycles. The molecule has 2 heterocycles. The van der Waals surface area contributed by atoms with E-state index >= 15 is 0 Å². The Hall–Kier alpha value is -2.45. The van der Waals surface area contributed by atoms with Gasteiger partial charge in [-0.2, -0.15) is 0 Å². The topological polar surface area (TPSA) is 84.0 Å². The molecular formula is C15H14N4O2S2. The Labute approximate surface area is 138 Å². The fourth-order valence-electron chi connectivity index (χ4n) is 1.87. The van der Waals surface area contributed by atoms with E-state index in [9.17, 15) is 8.42 Å². The van der Waals surface area contributed by atoms with Gasteiger partial charge in [0.05, 0.1) is 0 Å². The van der Waals surface area contributed by atoms with E-state index in [0.717, 1.165) is 16.9 Å². The normalized spacial score (nSPS) is 11.1. The van der Waals surface area contributed by atoms with E-state index in [1.165, 1.54) is 6.07 Å². The first kappa shape index (κ1) is 15.4. The number of thiophene rings is 1. The molecule has 0 bridgehead atoms. The maximum absolute atomic E-state index is 12.1. The third kappa shape index (κ3) is 4.05. The summed E-state index contributed by atoms with van der Waals surface area (Å²) in [5.41, 5.74) is 1.12. The van der Waals surface area contributed by atoms with E-state index < -0.39 is 10.0 Å². The molecular weight excluding hydrogens is 332 g/mol. The van der Waals surface area contributed by atoms with E-state index in [2.05, 4.69) is 20.2 Å². The van der Waals surface area contributed by atoms with Crippen molar-refractivity contribution in [2.75, 3.05) is 10.0 Å². The minimum Gasteiger partial charge on any atom is -0.365 e. The summed E-state index contributed by atoms with van der Waals surface area (Å²) in [6.07, 6.45) is 0. The van der Waals surface area contributed by atoms with Gasteiger partial charge < -0.3 is 5.32 Å². The van der Waals surface area contributed by atoms with Crippen molar-refractivity contribution in [3.05, 3.63) is 65.5 Å². The van der Waals surface area contributed by atoms with Crippen molar-refractivity contribution in [2.24, 2.45) is 0 Å². The maximum atomic E-state index is 12.1. The zero-order chi connectivity index (χ0) is 16.1. The first-order valence-corrected chi connectivity index (χ1v) is 9.18. The second-order valence-electron chi connectivity index (χ2n) is 4.68. The first-order chi connectivity index (χ1) is 11.1. The first-order valence-electron chi connectivity index (χ1n) is 6.81. The van der Waals surface area contributed by atoms with Gasteiger partial charge in [-0.15, -0.1) is 21.5 Å². The van der Waals surface area contributed by atoms with Crippen LogP contribution in [0.2, 0.25) is 0 Å². The highest BCUT2D eigenvalue weighted by atomic mass is 32.2. The second-order valence-corrected chi connectivity index (χ2v) is 7.54. The van der Waals surface area contributed by atoms with Crippen LogP contribution in [0.15, 0.2) is 64.2 Å². The molecule has 3 aromatic rings. The van der Waals surface area contributed by atoms with Crippen molar-refractivity contribution < 1.29 is 8.42 Å². The summed E-state index contributed by atoms with van der Waals surface area (Å²) in [5.74, 6) is 0.761. The Morgan fingerprint density at radius 3 is 2.30 bits per heavy atom. The molecule has 0 fully saturated rings. The van der Waals surface area contributed by atoms with Crippen LogP contribution < -0.4 is 10.0 Å². The number of nitrogens with one attached hydrogen (secondary N) is 2. The smallest absolute Gasteiger partial charge is 0.272 e. The molecule has 3 rings (SSSR count). The minimum absolute atomic E-state index is 0.184. The van der Waals surface area contributed by atoms with Gasteiger partial charge in [-0.3, -0.25) is 4.72 Å². The van der Waals surface area contributed by atoms with Crippen LogP contribution in [0.25, 0.3) is 0 Å². The fourth-order valence-corrected chi connectivity index (χ4v) is 3.86. The largest absolute Gasteiger partial charge is 0.365 e. The molecule has 2 N–H and O–H groups in total. The standard InChI is InChI=1S/C15H14N4O2S2/c20-23(21,15-7-4-10-22-15)19-14-9-8-13(17-18-14)16-11-12-5-2-1-3-6-12/h1-10H,11H2,(H,16,17)(H,18,19). The molecule has 1 aromatic carbocycles. The average molecular weight is 346 g/mol. The molecule has 0 unspecified atom stereocenters. The summed E-state index contributed by atoms with van der Waals surface area (Å²) in [5, 5.41) is 12.7. The van der Waals surface area contributed by atoms with E-state index in [4.69, 9.17) is 0 Å². The van der Waals surface area contributed by atoms with Crippen LogP contribution in [0.1, 0.15) is 5.56 Å². The van der Waals surface area contributed by atoms with Crippen LogP contribution in [0.4, 0.5) is 11.6 Å². The summed E-state index contributed by atoms with van der Waals surface area (Å²) >= 11 is 1.15. The average Bonchev–Trinajstić information content (AvgIpc) is 3.10. The van der Waals surface area contributed by atoms with Gasteiger partial charge in [-0.1, -0.05) is 36.4 Å². The highest BCUT2D eigenvalue weighted by Crippen LogP contribution is 2.19. The molecule has 2 aromatic heterocycles. The summed E-state index contributed by atoms with van der Waals surface area (Å²) in [7, 11) is -3.59. The SMILES string of the molecule is O=S(=O)(Nc1ccc(NCc2ccccc2)nn1)c1cccs1. The van der Waals surface area contributed by atoms with Crippen LogP contribution >= 0.6 is 11.3 Å².